The highest BCUT2D eigenvalue weighted by atomic mass is 16.6. The lowest BCUT2D eigenvalue weighted by Gasteiger charge is -2.27. The van der Waals surface area contributed by atoms with Crippen molar-refractivity contribution in [2.45, 2.75) is 32.4 Å². The minimum Gasteiger partial charge on any atom is -0.486 e. The zero-order valence-electron chi connectivity index (χ0n) is 21.2. The number of hydrogen-bond acceptors (Lipinski definition) is 6. The van der Waals surface area contributed by atoms with Gasteiger partial charge in [0.2, 0.25) is 5.78 Å². The van der Waals surface area contributed by atoms with Gasteiger partial charge in [0.1, 0.15) is 24.0 Å². The molecule has 192 valence electrons. The van der Waals surface area contributed by atoms with Crippen LogP contribution in [0.1, 0.15) is 38.8 Å². The van der Waals surface area contributed by atoms with Crippen LogP contribution >= 0.6 is 0 Å². The Morgan fingerprint density at radius 1 is 0.868 bits per heavy atom. The Morgan fingerprint density at radius 3 is 2.16 bits per heavy atom. The van der Waals surface area contributed by atoms with E-state index in [1.807, 2.05) is 97.3 Å². The second-order valence-corrected chi connectivity index (χ2v) is 9.53. The molecule has 0 saturated carbocycles. The monoisotopic (exact) mass is 509 g/mol. The number of benzene rings is 3. The van der Waals surface area contributed by atoms with Gasteiger partial charge in [-0.25, -0.2) is 0 Å². The molecule has 2 aliphatic rings. The third-order valence-corrected chi connectivity index (χ3v) is 7.09. The molecule has 0 bridgehead atoms. The molecule has 0 N–H and O–H groups in total. The number of Topliss-reactive ketones (excluding diaryl/α,β-unsaturated/α-hetero) is 1. The second-order valence-electron chi connectivity index (χ2n) is 9.53. The number of rotatable bonds is 6. The number of esters is 1. The Labute approximate surface area is 220 Å². The first-order valence-electron chi connectivity index (χ1n) is 12.6. The number of aromatic nitrogens is 1. The molecular formula is C31H27NO6. The summed E-state index contributed by atoms with van der Waals surface area (Å²) in [7, 11) is 0. The van der Waals surface area contributed by atoms with Gasteiger partial charge in [0.05, 0.1) is 6.54 Å². The van der Waals surface area contributed by atoms with E-state index in [1.165, 1.54) is 0 Å². The van der Waals surface area contributed by atoms with Crippen LogP contribution in [0.5, 0.6) is 23.0 Å². The van der Waals surface area contributed by atoms with Crippen LogP contribution in [-0.2, 0) is 16.1 Å². The largest absolute Gasteiger partial charge is 0.486 e. The average molecular weight is 510 g/mol. The maximum Gasteiger partial charge on any atom is 0.318 e. The highest BCUT2D eigenvalue weighted by molar-refractivity contribution is 5.99. The first-order valence-corrected chi connectivity index (χ1v) is 12.6. The maximum atomic E-state index is 13.3. The van der Waals surface area contributed by atoms with Crippen molar-refractivity contribution in [3.05, 3.63) is 107 Å². The summed E-state index contributed by atoms with van der Waals surface area (Å²) in [4.78, 5) is 26.5. The molecule has 2 aliphatic heterocycles. The molecule has 0 spiro atoms. The number of para-hydroxylation sites is 4. The second kappa shape index (κ2) is 9.74. The van der Waals surface area contributed by atoms with E-state index in [0.29, 0.717) is 36.0 Å². The third kappa shape index (κ3) is 4.30. The van der Waals surface area contributed by atoms with Gasteiger partial charge in [-0.3, -0.25) is 9.59 Å². The first-order chi connectivity index (χ1) is 18.5. The third-order valence-electron chi connectivity index (χ3n) is 7.09. The molecular weight excluding hydrogens is 482 g/mol. The topological polar surface area (TPSA) is 76.0 Å². The summed E-state index contributed by atoms with van der Waals surface area (Å²) in [5.41, 5.74) is 3.69. The highest BCUT2D eigenvalue weighted by Gasteiger charge is 2.34. The summed E-state index contributed by atoms with van der Waals surface area (Å²) in [6, 6.07) is 24.2. The van der Waals surface area contributed by atoms with Crippen molar-refractivity contribution in [3.63, 3.8) is 0 Å². The lowest BCUT2D eigenvalue weighted by Crippen LogP contribution is -2.33. The number of ether oxygens (including phenoxy) is 4. The van der Waals surface area contributed by atoms with Gasteiger partial charge in [-0.05, 0) is 44.2 Å². The minimum atomic E-state index is -0.664. The van der Waals surface area contributed by atoms with Crippen molar-refractivity contribution in [1.82, 2.24) is 4.57 Å². The molecule has 4 aromatic rings. The Bertz CT molecular complexity index is 1490. The molecule has 1 aromatic heterocycles. The molecule has 0 amide bonds. The van der Waals surface area contributed by atoms with Gasteiger partial charge in [-0.1, -0.05) is 48.5 Å². The van der Waals surface area contributed by atoms with Gasteiger partial charge in [0.25, 0.3) is 0 Å². The van der Waals surface area contributed by atoms with Gasteiger partial charge in [0.15, 0.2) is 24.2 Å². The van der Waals surface area contributed by atoms with Gasteiger partial charge < -0.3 is 23.5 Å². The first kappa shape index (κ1) is 23.9. The molecule has 3 heterocycles. The van der Waals surface area contributed by atoms with E-state index in [1.54, 1.807) is 0 Å². The van der Waals surface area contributed by atoms with Crippen LogP contribution in [0.15, 0.2) is 78.9 Å². The van der Waals surface area contributed by atoms with Crippen molar-refractivity contribution in [1.29, 1.82) is 0 Å². The van der Waals surface area contributed by atoms with E-state index in [4.69, 9.17) is 18.9 Å². The van der Waals surface area contributed by atoms with E-state index in [-0.39, 0.29) is 18.5 Å². The quantitative estimate of drug-likeness (QED) is 0.249. The summed E-state index contributed by atoms with van der Waals surface area (Å²) < 4.78 is 25.6. The Hall–Kier alpha value is -4.52. The summed E-state index contributed by atoms with van der Waals surface area (Å²) in [5, 5.41) is 0. The molecule has 0 fully saturated rings. The number of ketones is 1. The van der Waals surface area contributed by atoms with Crippen molar-refractivity contribution in [3.8, 4) is 23.0 Å². The molecule has 38 heavy (non-hydrogen) atoms. The van der Waals surface area contributed by atoms with Gasteiger partial charge >= 0.3 is 5.97 Å². The fraction of sp³-hybridized carbons (Fsp3) is 0.226. The Balaban J connectivity index is 1.16. The van der Waals surface area contributed by atoms with Crippen LogP contribution in [0.2, 0.25) is 0 Å². The molecule has 0 radical (unpaired) electrons. The normalized spacial score (nSPS) is 15.7. The van der Waals surface area contributed by atoms with Gasteiger partial charge in [-0.15, -0.1) is 0 Å². The number of aryl methyl sites for hydroxylation is 1. The fourth-order valence-electron chi connectivity index (χ4n) is 5.18. The Morgan fingerprint density at radius 2 is 1.47 bits per heavy atom. The van der Waals surface area contributed by atoms with E-state index in [0.717, 1.165) is 28.3 Å². The van der Waals surface area contributed by atoms with E-state index < -0.39 is 11.9 Å². The van der Waals surface area contributed by atoms with Crippen LogP contribution < -0.4 is 14.2 Å². The van der Waals surface area contributed by atoms with Gasteiger partial charge in [0, 0.05) is 28.1 Å². The van der Waals surface area contributed by atoms with Crippen LogP contribution in [0.25, 0.3) is 0 Å². The van der Waals surface area contributed by atoms with Crippen LogP contribution in [-0.4, -0.2) is 35.6 Å². The summed E-state index contributed by atoms with van der Waals surface area (Å²) in [6.45, 7) is 4.45. The zero-order valence-corrected chi connectivity index (χ0v) is 21.2. The Kier molecular flexibility index (Phi) is 6.12. The van der Waals surface area contributed by atoms with E-state index in [9.17, 15) is 9.59 Å². The van der Waals surface area contributed by atoms with Crippen LogP contribution in [0.3, 0.4) is 0 Å². The summed E-state index contributed by atoms with van der Waals surface area (Å²) in [5.74, 6) is 1.27. The van der Waals surface area contributed by atoms with Crippen molar-refractivity contribution in [2.24, 2.45) is 0 Å². The average Bonchev–Trinajstić information content (AvgIpc) is 3.22. The standard InChI is InChI=1S/C31H27NO6/c1-19-15-24(20(2)32(19)16-21-17-35-28-13-7-8-14-29(28)37-21)25(33)18-36-31(34)30-22-9-3-5-11-26(22)38-27-12-6-4-10-23(27)30/h3-15,21,30H,16-18H2,1-2H3. The number of nitrogens with zero attached hydrogens (tertiary/aromatic N) is 1. The summed E-state index contributed by atoms with van der Waals surface area (Å²) >= 11 is 0. The fourth-order valence-corrected chi connectivity index (χ4v) is 5.18. The molecule has 1 atom stereocenters. The van der Waals surface area contributed by atoms with Crippen molar-refractivity contribution in [2.75, 3.05) is 13.2 Å². The van der Waals surface area contributed by atoms with Crippen LogP contribution in [0, 0.1) is 13.8 Å². The van der Waals surface area contributed by atoms with Crippen molar-refractivity contribution < 1.29 is 28.5 Å². The lowest BCUT2D eigenvalue weighted by atomic mass is 9.88. The molecule has 0 saturated heterocycles. The predicted octanol–water partition coefficient (Wildman–Crippen LogP) is 5.61. The number of carbonyl (C=O) groups excluding carboxylic acids is 2. The molecule has 1 unspecified atom stereocenters. The highest BCUT2D eigenvalue weighted by Crippen LogP contribution is 2.44. The smallest absolute Gasteiger partial charge is 0.318 e. The van der Waals surface area contributed by atoms with Gasteiger partial charge in [-0.2, -0.15) is 0 Å². The number of fused-ring (bicyclic) bond motifs is 3. The van der Waals surface area contributed by atoms with E-state index >= 15 is 0 Å². The zero-order chi connectivity index (χ0) is 26.2. The molecule has 3 aromatic carbocycles. The number of carbonyl (C=O) groups is 2. The number of hydrogen-bond donors (Lipinski definition) is 0. The van der Waals surface area contributed by atoms with Crippen LogP contribution in [0.4, 0.5) is 0 Å². The molecule has 7 heteroatoms. The molecule has 0 aliphatic carbocycles. The van der Waals surface area contributed by atoms with Crippen molar-refractivity contribution >= 4 is 11.8 Å². The van der Waals surface area contributed by atoms with E-state index in [2.05, 4.69) is 0 Å². The summed E-state index contributed by atoms with van der Waals surface area (Å²) in [6.07, 6.45) is -0.191. The lowest BCUT2D eigenvalue weighted by molar-refractivity contribution is -0.143. The SMILES string of the molecule is Cc1cc(C(=O)COC(=O)C2c3ccccc3Oc3ccccc32)c(C)n1CC1COc2ccccc2O1. The minimum absolute atomic E-state index is 0.191. The maximum absolute atomic E-state index is 13.3. The molecule has 6 rings (SSSR count). The molecule has 7 nitrogen and oxygen atoms in total. The predicted molar refractivity (Wildman–Crippen MR) is 140 cm³/mol.